The molecule has 0 aliphatic carbocycles. The molecule has 0 radical (unpaired) electrons. The number of rotatable bonds is 3. The third kappa shape index (κ3) is 2.85. The molecular formula is C17H15BrN2O2. The van der Waals surface area contributed by atoms with Crippen LogP contribution < -0.4 is 10.1 Å². The molecule has 0 bridgehead atoms. The summed E-state index contributed by atoms with van der Waals surface area (Å²) in [6.45, 7) is 2.00. The number of H-pyrrole nitrogens is 1. The van der Waals surface area contributed by atoms with Crippen LogP contribution in [0.3, 0.4) is 0 Å². The van der Waals surface area contributed by atoms with Crippen molar-refractivity contribution < 1.29 is 9.53 Å². The highest BCUT2D eigenvalue weighted by atomic mass is 79.9. The molecule has 3 rings (SSSR count). The van der Waals surface area contributed by atoms with Gasteiger partial charge in [-0.3, -0.25) is 4.79 Å². The number of nitrogens with one attached hydrogen (secondary N) is 2. The third-order valence-electron chi connectivity index (χ3n) is 3.50. The monoisotopic (exact) mass is 358 g/mol. The summed E-state index contributed by atoms with van der Waals surface area (Å²) in [5, 5.41) is 3.82. The number of amides is 1. The SMILES string of the molecule is COc1ccc2[nH]c(C(=O)Nc3ccc(C)c(Br)c3)cc2c1. The van der Waals surface area contributed by atoms with E-state index in [9.17, 15) is 4.79 Å². The Labute approximate surface area is 136 Å². The van der Waals surface area contributed by atoms with E-state index in [1.165, 1.54) is 0 Å². The number of hydrogen-bond donors (Lipinski definition) is 2. The predicted octanol–water partition coefficient (Wildman–Crippen LogP) is 4.50. The van der Waals surface area contributed by atoms with Crippen molar-refractivity contribution in [1.29, 1.82) is 0 Å². The van der Waals surface area contributed by atoms with Crippen LogP contribution in [0.2, 0.25) is 0 Å². The van der Waals surface area contributed by atoms with Crippen molar-refractivity contribution in [2.45, 2.75) is 6.92 Å². The minimum Gasteiger partial charge on any atom is -0.497 e. The third-order valence-corrected chi connectivity index (χ3v) is 4.36. The molecule has 4 nitrogen and oxygen atoms in total. The van der Waals surface area contributed by atoms with Crippen LogP contribution in [-0.4, -0.2) is 18.0 Å². The molecule has 0 atom stereocenters. The van der Waals surface area contributed by atoms with Gasteiger partial charge in [-0.15, -0.1) is 0 Å². The fraction of sp³-hybridized carbons (Fsp3) is 0.118. The first-order chi connectivity index (χ1) is 10.6. The molecule has 22 heavy (non-hydrogen) atoms. The van der Waals surface area contributed by atoms with Gasteiger partial charge in [-0.25, -0.2) is 0 Å². The predicted molar refractivity (Wildman–Crippen MR) is 91.7 cm³/mol. The number of ether oxygens (including phenoxy) is 1. The molecule has 0 spiro atoms. The van der Waals surface area contributed by atoms with E-state index in [4.69, 9.17) is 4.74 Å². The quantitative estimate of drug-likeness (QED) is 0.724. The van der Waals surface area contributed by atoms with E-state index in [2.05, 4.69) is 26.2 Å². The van der Waals surface area contributed by atoms with E-state index in [1.54, 1.807) is 7.11 Å². The van der Waals surface area contributed by atoms with Crippen molar-refractivity contribution in [3.63, 3.8) is 0 Å². The van der Waals surface area contributed by atoms with Crippen LogP contribution in [0.25, 0.3) is 10.9 Å². The number of fused-ring (bicyclic) bond motifs is 1. The first-order valence-electron chi connectivity index (χ1n) is 6.81. The van der Waals surface area contributed by atoms with Crippen LogP contribution in [-0.2, 0) is 0 Å². The topological polar surface area (TPSA) is 54.1 Å². The van der Waals surface area contributed by atoms with Crippen LogP contribution >= 0.6 is 15.9 Å². The smallest absolute Gasteiger partial charge is 0.272 e. The zero-order chi connectivity index (χ0) is 15.7. The van der Waals surface area contributed by atoms with Gasteiger partial charge in [0.05, 0.1) is 7.11 Å². The van der Waals surface area contributed by atoms with Crippen molar-refractivity contribution in [2.75, 3.05) is 12.4 Å². The number of carbonyl (C=O) groups is 1. The van der Waals surface area contributed by atoms with Gasteiger partial charge in [-0.2, -0.15) is 0 Å². The first kappa shape index (κ1) is 14.7. The van der Waals surface area contributed by atoms with Gasteiger partial charge in [0.25, 0.3) is 5.91 Å². The van der Waals surface area contributed by atoms with Crippen molar-refractivity contribution in [3.8, 4) is 5.75 Å². The van der Waals surface area contributed by atoms with Gasteiger partial charge in [0.1, 0.15) is 11.4 Å². The highest BCUT2D eigenvalue weighted by molar-refractivity contribution is 9.10. The Hall–Kier alpha value is -2.27. The second kappa shape index (κ2) is 5.85. The van der Waals surface area contributed by atoms with Crippen LogP contribution in [0.4, 0.5) is 5.69 Å². The van der Waals surface area contributed by atoms with E-state index in [-0.39, 0.29) is 5.91 Å². The zero-order valence-corrected chi connectivity index (χ0v) is 13.8. The standard InChI is InChI=1S/C17H15BrN2O2/c1-10-3-4-12(9-14(10)18)19-17(21)16-8-11-7-13(22-2)5-6-15(11)20-16/h3-9,20H,1-2H3,(H,19,21). The Balaban J connectivity index is 1.86. The fourth-order valence-corrected chi connectivity index (χ4v) is 2.61. The van der Waals surface area contributed by atoms with E-state index in [0.717, 1.165) is 32.4 Å². The Morgan fingerprint density at radius 1 is 1.18 bits per heavy atom. The summed E-state index contributed by atoms with van der Waals surface area (Å²) in [6, 6.07) is 13.2. The van der Waals surface area contributed by atoms with Crippen LogP contribution in [0.15, 0.2) is 46.9 Å². The molecular weight excluding hydrogens is 344 g/mol. The number of halogens is 1. The lowest BCUT2D eigenvalue weighted by Gasteiger charge is -2.05. The lowest BCUT2D eigenvalue weighted by Crippen LogP contribution is -2.12. The molecule has 3 aromatic rings. The number of anilines is 1. The molecule has 112 valence electrons. The number of aromatic nitrogens is 1. The van der Waals surface area contributed by atoms with E-state index < -0.39 is 0 Å². The normalized spacial score (nSPS) is 10.7. The Morgan fingerprint density at radius 2 is 2.00 bits per heavy atom. The maximum atomic E-state index is 12.3. The summed E-state index contributed by atoms with van der Waals surface area (Å²) in [5.41, 5.74) is 3.28. The van der Waals surface area contributed by atoms with Gasteiger partial charge in [0.15, 0.2) is 0 Å². The molecule has 1 amide bonds. The largest absolute Gasteiger partial charge is 0.497 e. The van der Waals surface area contributed by atoms with Crippen molar-refractivity contribution >= 4 is 38.4 Å². The molecule has 0 aliphatic rings. The van der Waals surface area contributed by atoms with Gasteiger partial charge in [0, 0.05) is 21.1 Å². The molecule has 2 aromatic carbocycles. The van der Waals surface area contributed by atoms with Gasteiger partial charge < -0.3 is 15.0 Å². The molecule has 0 saturated carbocycles. The van der Waals surface area contributed by atoms with E-state index in [0.29, 0.717) is 5.69 Å². The first-order valence-corrected chi connectivity index (χ1v) is 7.60. The maximum Gasteiger partial charge on any atom is 0.272 e. The maximum absolute atomic E-state index is 12.3. The van der Waals surface area contributed by atoms with Crippen molar-refractivity contribution in [3.05, 3.63) is 58.2 Å². The lowest BCUT2D eigenvalue weighted by molar-refractivity contribution is 0.102. The number of aryl methyl sites for hydroxylation is 1. The Kier molecular flexibility index (Phi) is 3.90. The summed E-state index contributed by atoms with van der Waals surface area (Å²) in [4.78, 5) is 15.5. The van der Waals surface area contributed by atoms with Crippen molar-refractivity contribution in [2.24, 2.45) is 0 Å². The number of benzene rings is 2. The lowest BCUT2D eigenvalue weighted by atomic mass is 10.2. The van der Waals surface area contributed by atoms with Crippen LogP contribution in [0.5, 0.6) is 5.75 Å². The molecule has 1 heterocycles. The highest BCUT2D eigenvalue weighted by Crippen LogP contribution is 2.23. The minimum absolute atomic E-state index is 0.175. The van der Waals surface area contributed by atoms with Crippen LogP contribution in [0.1, 0.15) is 16.1 Å². The summed E-state index contributed by atoms with van der Waals surface area (Å²) in [5.74, 6) is 0.590. The van der Waals surface area contributed by atoms with E-state index >= 15 is 0 Å². The van der Waals surface area contributed by atoms with Crippen LogP contribution in [0, 0.1) is 6.92 Å². The van der Waals surface area contributed by atoms with Gasteiger partial charge in [-0.05, 0) is 48.9 Å². The number of carbonyl (C=O) groups excluding carboxylic acids is 1. The van der Waals surface area contributed by atoms with Crippen molar-refractivity contribution in [1.82, 2.24) is 4.98 Å². The average Bonchev–Trinajstić information content (AvgIpc) is 2.94. The zero-order valence-electron chi connectivity index (χ0n) is 12.2. The Bertz CT molecular complexity index is 855. The molecule has 0 unspecified atom stereocenters. The Morgan fingerprint density at radius 3 is 2.73 bits per heavy atom. The molecule has 0 saturated heterocycles. The molecule has 5 heteroatoms. The molecule has 2 N–H and O–H groups in total. The minimum atomic E-state index is -0.175. The fourth-order valence-electron chi connectivity index (χ4n) is 2.23. The molecule has 1 aromatic heterocycles. The summed E-state index contributed by atoms with van der Waals surface area (Å²) in [7, 11) is 1.62. The second-order valence-electron chi connectivity index (χ2n) is 5.05. The average molecular weight is 359 g/mol. The number of hydrogen-bond acceptors (Lipinski definition) is 2. The van der Waals surface area contributed by atoms with Gasteiger partial charge in [0.2, 0.25) is 0 Å². The summed E-state index contributed by atoms with van der Waals surface area (Å²) in [6.07, 6.45) is 0. The molecule has 0 fully saturated rings. The van der Waals surface area contributed by atoms with Gasteiger partial charge in [-0.1, -0.05) is 22.0 Å². The summed E-state index contributed by atoms with van der Waals surface area (Å²) >= 11 is 3.46. The number of methoxy groups -OCH3 is 1. The van der Waals surface area contributed by atoms with E-state index in [1.807, 2.05) is 49.4 Å². The highest BCUT2D eigenvalue weighted by Gasteiger charge is 2.11. The summed E-state index contributed by atoms with van der Waals surface area (Å²) < 4.78 is 6.16. The second-order valence-corrected chi connectivity index (χ2v) is 5.91. The number of aromatic amines is 1. The molecule has 0 aliphatic heterocycles. The van der Waals surface area contributed by atoms with Gasteiger partial charge >= 0.3 is 0 Å².